The van der Waals surface area contributed by atoms with Gasteiger partial charge < -0.3 is 14.6 Å². The second kappa shape index (κ2) is 8.32. The lowest BCUT2D eigenvalue weighted by Gasteiger charge is -2.32. The van der Waals surface area contributed by atoms with E-state index in [1.54, 1.807) is 12.0 Å². The average Bonchev–Trinajstić information content (AvgIpc) is 3.17. The Balaban J connectivity index is 1.42. The number of carbonyl (C=O) groups excluding carboxylic acids is 1. The summed E-state index contributed by atoms with van der Waals surface area (Å²) in [6.45, 7) is 1.08. The molecule has 8 heteroatoms. The number of fused-ring (bicyclic) bond motifs is 1. The average molecular weight is 447 g/mol. The Morgan fingerprint density at radius 2 is 1.87 bits per heavy atom. The van der Waals surface area contributed by atoms with Gasteiger partial charge in [0.2, 0.25) is 5.91 Å². The third kappa shape index (κ3) is 4.18. The summed E-state index contributed by atoms with van der Waals surface area (Å²) in [6.07, 6.45) is 3.60. The van der Waals surface area contributed by atoms with E-state index in [0.29, 0.717) is 24.0 Å². The van der Waals surface area contributed by atoms with Gasteiger partial charge in [-0.3, -0.25) is 4.79 Å². The molecule has 1 aliphatic heterocycles. The summed E-state index contributed by atoms with van der Waals surface area (Å²) in [5, 5.41) is 1.58. The van der Waals surface area contributed by atoms with Crippen LogP contribution in [-0.4, -0.2) is 50.2 Å². The van der Waals surface area contributed by atoms with Gasteiger partial charge >= 0.3 is 0 Å². The topological polar surface area (TPSA) is 79.5 Å². The number of carbonyl (C=O) groups is 1. The summed E-state index contributed by atoms with van der Waals surface area (Å²) in [7, 11) is -2.04. The quantitative estimate of drug-likeness (QED) is 0.642. The van der Waals surface area contributed by atoms with Gasteiger partial charge in [0.1, 0.15) is 11.5 Å². The monoisotopic (exact) mass is 446 g/mol. The van der Waals surface area contributed by atoms with Crippen LogP contribution in [-0.2, 0) is 14.6 Å². The van der Waals surface area contributed by atoms with Crippen LogP contribution < -0.4 is 4.74 Å². The van der Waals surface area contributed by atoms with Crippen molar-refractivity contribution in [2.45, 2.75) is 23.7 Å². The van der Waals surface area contributed by atoms with E-state index in [2.05, 4.69) is 4.98 Å². The van der Waals surface area contributed by atoms with Crippen molar-refractivity contribution in [3.63, 3.8) is 0 Å². The number of amides is 1. The summed E-state index contributed by atoms with van der Waals surface area (Å²) in [6, 6.07) is 11.8. The predicted octanol–water partition coefficient (Wildman–Crippen LogP) is 4.01. The van der Waals surface area contributed by atoms with Crippen LogP contribution in [0.4, 0.5) is 0 Å². The summed E-state index contributed by atoms with van der Waals surface area (Å²) in [4.78, 5) is 17.7. The number of likely N-dealkylation sites (tertiary alicyclic amines) is 1. The van der Waals surface area contributed by atoms with E-state index in [1.807, 2.05) is 24.4 Å². The molecule has 1 saturated heterocycles. The van der Waals surface area contributed by atoms with Crippen molar-refractivity contribution in [1.29, 1.82) is 0 Å². The van der Waals surface area contributed by atoms with Gasteiger partial charge in [-0.2, -0.15) is 0 Å². The molecule has 3 aromatic rings. The number of aromatic amines is 1. The van der Waals surface area contributed by atoms with Gasteiger partial charge in [-0.1, -0.05) is 11.6 Å². The van der Waals surface area contributed by atoms with Gasteiger partial charge in [0, 0.05) is 35.2 Å². The highest BCUT2D eigenvalue weighted by molar-refractivity contribution is 7.92. The van der Waals surface area contributed by atoms with Gasteiger partial charge in [-0.25, -0.2) is 8.42 Å². The number of hydrogen-bond acceptors (Lipinski definition) is 4. The van der Waals surface area contributed by atoms with Crippen molar-refractivity contribution in [3.8, 4) is 5.75 Å². The number of ether oxygens (including phenoxy) is 1. The highest BCUT2D eigenvalue weighted by Gasteiger charge is 2.28. The molecule has 30 heavy (non-hydrogen) atoms. The van der Waals surface area contributed by atoms with E-state index in [-0.39, 0.29) is 10.8 Å². The molecule has 1 amide bonds. The van der Waals surface area contributed by atoms with Crippen LogP contribution in [0.2, 0.25) is 5.02 Å². The number of rotatable bonds is 5. The fourth-order valence-corrected chi connectivity index (χ4v) is 5.36. The van der Waals surface area contributed by atoms with E-state index in [1.165, 1.54) is 29.8 Å². The number of aromatic nitrogens is 1. The van der Waals surface area contributed by atoms with Crippen molar-refractivity contribution >= 4 is 38.2 Å². The van der Waals surface area contributed by atoms with Crippen LogP contribution in [0.15, 0.2) is 53.6 Å². The molecule has 0 radical (unpaired) electrons. The molecule has 1 aliphatic rings. The Labute approximate surface area is 180 Å². The molecule has 1 N–H and O–H groups in total. The summed E-state index contributed by atoms with van der Waals surface area (Å²) in [5.41, 5.74) is 2.27. The minimum absolute atomic E-state index is 0.114. The minimum atomic E-state index is -3.69. The maximum absolute atomic E-state index is 12.6. The Bertz CT molecular complexity index is 1160. The molecule has 2 heterocycles. The van der Waals surface area contributed by atoms with Crippen molar-refractivity contribution in [1.82, 2.24) is 9.88 Å². The van der Waals surface area contributed by atoms with E-state index < -0.39 is 15.6 Å². The fraction of sp³-hybridized carbons (Fsp3) is 0.318. The maximum Gasteiger partial charge on any atom is 0.238 e. The number of methoxy groups -OCH3 is 1. The van der Waals surface area contributed by atoms with Gasteiger partial charge in [0.15, 0.2) is 9.84 Å². The molecule has 158 valence electrons. The number of nitrogens with zero attached hydrogens (tertiary/aromatic N) is 1. The molecule has 1 aromatic heterocycles. The molecular formula is C22H23ClN2O4S. The van der Waals surface area contributed by atoms with Crippen molar-refractivity contribution in [2.75, 3.05) is 26.0 Å². The van der Waals surface area contributed by atoms with Gasteiger partial charge in [0.05, 0.1) is 12.0 Å². The van der Waals surface area contributed by atoms with Crippen LogP contribution in [0.25, 0.3) is 10.9 Å². The van der Waals surface area contributed by atoms with E-state index in [4.69, 9.17) is 16.3 Å². The van der Waals surface area contributed by atoms with Crippen molar-refractivity contribution in [3.05, 3.63) is 59.2 Å². The summed E-state index contributed by atoms with van der Waals surface area (Å²) in [5.74, 6) is 0.235. The van der Waals surface area contributed by atoms with E-state index >= 15 is 0 Å². The highest BCUT2D eigenvalue weighted by Crippen LogP contribution is 2.34. The van der Waals surface area contributed by atoms with Crippen LogP contribution in [0.1, 0.15) is 24.3 Å². The fourth-order valence-electron chi connectivity index (χ4n) is 4.01. The Morgan fingerprint density at radius 3 is 2.53 bits per heavy atom. The van der Waals surface area contributed by atoms with Crippen LogP contribution in [0, 0.1) is 0 Å². The zero-order chi connectivity index (χ0) is 21.3. The predicted molar refractivity (Wildman–Crippen MR) is 117 cm³/mol. The molecule has 6 nitrogen and oxygen atoms in total. The SMILES string of the molecule is COc1ccc2[nH]cc(C3CCN(C(=O)CS(=O)(=O)c4ccc(Cl)cc4)CC3)c2c1. The highest BCUT2D eigenvalue weighted by atomic mass is 35.5. The third-order valence-electron chi connectivity index (χ3n) is 5.69. The second-order valence-corrected chi connectivity index (χ2v) is 9.95. The second-order valence-electron chi connectivity index (χ2n) is 7.52. The first-order valence-corrected chi connectivity index (χ1v) is 11.8. The molecule has 1 fully saturated rings. The number of nitrogens with one attached hydrogen (secondary N) is 1. The Kier molecular flexibility index (Phi) is 5.75. The maximum atomic E-state index is 12.6. The number of halogens is 1. The van der Waals surface area contributed by atoms with Crippen molar-refractivity contribution in [2.24, 2.45) is 0 Å². The lowest BCUT2D eigenvalue weighted by Crippen LogP contribution is -2.41. The third-order valence-corrected chi connectivity index (χ3v) is 7.56. The normalized spacial score (nSPS) is 15.5. The molecular weight excluding hydrogens is 424 g/mol. The molecule has 0 aliphatic carbocycles. The van der Waals surface area contributed by atoms with Gasteiger partial charge in [-0.05, 0) is 66.8 Å². The molecule has 0 atom stereocenters. The molecule has 0 bridgehead atoms. The molecule has 0 spiro atoms. The molecule has 0 unspecified atom stereocenters. The minimum Gasteiger partial charge on any atom is -0.497 e. The number of H-pyrrole nitrogens is 1. The number of hydrogen-bond donors (Lipinski definition) is 1. The number of benzene rings is 2. The molecule has 4 rings (SSSR count). The van der Waals surface area contributed by atoms with E-state index in [9.17, 15) is 13.2 Å². The van der Waals surface area contributed by atoms with Gasteiger partial charge in [0.25, 0.3) is 0 Å². The van der Waals surface area contributed by atoms with Gasteiger partial charge in [-0.15, -0.1) is 0 Å². The number of piperidine rings is 1. The first-order valence-electron chi connectivity index (χ1n) is 9.78. The van der Waals surface area contributed by atoms with E-state index in [0.717, 1.165) is 29.5 Å². The summed E-state index contributed by atoms with van der Waals surface area (Å²) < 4.78 is 30.4. The van der Waals surface area contributed by atoms with Crippen LogP contribution >= 0.6 is 11.6 Å². The Hall–Kier alpha value is -2.51. The Morgan fingerprint density at radius 1 is 1.17 bits per heavy atom. The zero-order valence-electron chi connectivity index (χ0n) is 16.6. The molecule has 2 aromatic carbocycles. The van der Waals surface area contributed by atoms with Crippen molar-refractivity contribution < 1.29 is 17.9 Å². The number of sulfone groups is 1. The lowest BCUT2D eigenvalue weighted by atomic mass is 9.89. The standard InChI is InChI=1S/C22H23ClN2O4S/c1-29-17-4-7-21-19(12-17)20(13-24-21)15-8-10-25(11-9-15)22(26)14-30(27,28)18-5-2-16(23)3-6-18/h2-7,12-13,15,24H,8-11,14H2,1H3. The smallest absolute Gasteiger partial charge is 0.238 e. The van der Waals surface area contributed by atoms with Crippen LogP contribution in [0.5, 0.6) is 5.75 Å². The zero-order valence-corrected chi connectivity index (χ0v) is 18.2. The summed E-state index contributed by atoms with van der Waals surface area (Å²) >= 11 is 5.82. The largest absolute Gasteiger partial charge is 0.497 e. The first kappa shape index (κ1) is 20.8. The van der Waals surface area contributed by atoms with Crippen LogP contribution in [0.3, 0.4) is 0 Å². The lowest BCUT2D eigenvalue weighted by molar-refractivity contribution is -0.129. The first-order chi connectivity index (χ1) is 14.4. The molecule has 0 saturated carbocycles.